The molecule has 0 heterocycles. The highest BCUT2D eigenvalue weighted by Gasteiger charge is 2.22. The maximum Gasteiger partial charge on any atom is 0.119 e. The molecule has 2 unspecified atom stereocenters. The molecule has 1 aromatic carbocycles. The average Bonchev–Trinajstić information content (AvgIpc) is 2.50. The van der Waals surface area contributed by atoms with Crippen molar-refractivity contribution in [1.82, 2.24) is 0 Å². The number of benzene rings is 1. The third-order valence-electron chi connectivity index (χ3n) is 3.86. The van der Waals surface area contributed by atoms with Crippen molar-refractivity contribution in [3.8, 4) is 5.75 Å². The molecule has 0 saturated heterocycles. The molecule has 0 aromatic heterocycles. The summed E-state index contributed by atoms with van der Waals surface area (Å²) in [6.45, 7) is 1.96. The van der Waals surface area contributed by atoms with E-state index in [0.29, 0.717) is 18.2 Å². The minimum Gasteiger partial charge on any atom is -0.490 e. The van der Waals surface area contributed by atoms with Crippen molar-refractivity contribution in [3.05, 3.63) is 29.8 Å². The highest BCUT2D eigenvalue weighted by molar-refractivity contribution is 6.00. The number of hydrogen-bond donors (Lipinski definition) is 1. The molecule has 1 saturated carbocycles. The molecule has 1 N–H and O–H groups in total. The minimum absolute atomic E-state index is 0.233. The summed E-state index contributed by atoms with van der Waals surface area (Å²) < 4.78 is 11.4. The lowest BCUT2D eigenvalue weighted by molar-refractivity contribution is 0.0210. The van der Waals surface area contributed by atoms with Crippen LogP contribution >= 0.6 is 0 Å². The Balaban J connectivity index is 1.97. The first-order valence-electron chi connectivity index (χ1n) is 7.27. The van der Waals surface area contributed by atoms with Crippen LogP contribution in [0.1, 0.15) is 44.6 Å². The van der Waals surface area contributed by atoms with Gasteiger partial charge in [-0.2, -0.15) is 0 Å². The van der Waals surface area contributed by atoms with Gasteiger partial charge >= 0.3 is 0 Å². The molecular formula is C16H23NO3. The van der Waals surface area contributed by atoms with Crippen LogP contribution in [0.15, 0.2) is 29.4 Å². The van der Waals surface area contributed by atoms with Gasteiger partial charge < -0.3 is 14.7 Å². The lowest BCUT2D eigenvalue weighted by atomic mass is 9.95. The van der Waals surface area contributed by atoms with Gasteiger partial charge in [-0.05, 0) is 55.5 Å². The second kappa shape index (κ2) is 7.29. The molecule has 1 fully saturated rings. The fourth-order valence-corrected chi connectivity index (χ4v) is 2.67. The number of ether oxygens (including phenoxy) is 2. The second-order valence-corrected chi connectivity index (χ2v) is 5.19. The van der Waals surface area contributed by atoms with Crippen LogP contribution in [0.2, 0.25) is 0 Å². The van der Waals surface area contributed by atoms with Crippen LogP contribution in [0, 0.1) is 0 Å². The summed E-state index contributed by atoms with van der Waals surface area (Å²) in [5.41, 5.74) is 1.62. The Morgan fingerprint density at radius 3 is 2.55 bits per heavy atom. The minimum atomic E-state index is 0.233. The van der Waals surface area contributed by atoms with E-state index in [1.54, 1.807) is 7.11 Å². The van der Waals surface area contributed by atoms with E-state index >= 15 is 0 Å². The predicted molar refractivity (Wildman–Crippen MR) is 78.7 cm³/mol. The molecule has 4 nitrogen and oxygen atoms in total. The SMILES string of the molecule is CCC(=NO)c1ccc(OC2CCCC(OC)C2)cc1. The van der Waals surface area contributed by atoms with Gasteiger partial charge in [0, 0.05) is 13.5 Å². The quantitative estimate of drug-likeness (QED) is 0.508. The van der Waals surface area contributed by atoms with Crippen LogP contribution in [0.25, 0.3) is 0 Å². The van der Waals surface area contributed by atoms with Crippen LogP contribution in [-0.2, 0) is 4.74 Å². The summed E-state index contributed by atoms with van der Waals surface area (Å²) in [5.74, 6) is 0.865. The van der Waals surface area contributed by atoms with Gasteiger partial charge in [0.05, 0.1) is 11.8 Å². The fourth-order valence-electron chi connectivity index (χ4n) is 2.67. The van der Waals surface area contributed by atoms with Crippen LogP contribution in [0.3, 0.4) is 0 Å². The van der Waals surface area contributed by atoms with E-state index in [1.165, 1.54) is 0 Å². The Morgan fingerprint density at radius 2 is 1.95 bits per heavy atom. The molecule has 1 aliphatic rings. The number of rotatable bonds is 5. The Bertz CT molecular complexity index is 442. The van der Waals surface area contributed by atoms with E-state index < -0.39 is 0 Å². The first-order chi connectivity index (χ1) is 9.76. The lowest BCUT2D eigenvalue weighted by Crippen LogP contribution is -2.29. The van der Waals surface area contributed by atoms with Crippen molar-refractivity contribution in [2.24, 2.45) is 5.16 Å². The zero-order chi connectivity index (χ0) is 14.4. The van der Waals surface area contributed by atoms with Crippen molar-refractivity contribution in [2.75, 3.05) is 7.11 Å². The molecule has 0 radical (unpaired) electrons. The van der Waals surface area contributed by atoms with E-state index in [9.17, 15) is 0 Å². The first-order valence-corrected chi connectivity index (χ1v) is 7.27. The fraction of sp³-hybridized carbons (Fsp3) is 0.562. The molecule has 2 atom stereocenters. The maximum atomic E-state index is 8.91. The Morgan fingerprint density at radius 1 is 1.25 bits per heavy atom. The van der Waals surface area contributed by atoms with Gasteiger partial charge in [-0.1, -0.05) is 12.1 Å². The number of nitrogens with zero attached hydrogens (tertiary/aromatic N) is 1. The summed E-state index contributed by atoms with van der Waals surface area (Å²) >= 11 is 0. The third kappa shape index (κ3) is 3.73. The van der Waals surface area contributed by atoms with Crippen LogP contribution in [0.5, 0.6) is 5.75 Å². The molecule has 0 spiro atoms. The summed E-state index contributed by atoms with van der Waals surface area (Å²) in [5, 5.41) is 12.2. The number of hydrogen-bond acceptors (Lipinski definition) is 4. The summed E-state index contributed by atoms with van der Waals surface area (Å²) in [4.78, 5) is 0. The molecular weight excluding hydrogens is 254 g/mol. The van der Waals surface area contributed by atoms with Crippen LogP contribution in [-0.4, -0.2) is 30.2 Å². The zero-order valence-electron chi connectivity index (χ0n) is 12.2. The van der Waals surface area contributed by atoms with Crippen molar-refractivity contribution in [3.63, 3.8) is 0 Å². The Kier molecular flexibility index (Phi) is 5.41. The largest absolute Gasteiger partial charge is 0.490 e. The average molecular weight is 277 g/mol. The maximum absolute atomic E-state index is 8.91. The lowest BCUT2D eigenvalue weighted by Gasteiger charge is -2.28. The summed E-state index contributed by atoms with van der Waals surface area (Å²) in [6, 6.07) is 7.74. The van der Waals surface area contributed by atoms with Crippen LogP contribution in [0.4, 0.5) is 0 Å². The Labute approximate surface area is 120 Å². The molecule has 4 heteroatoms. The van der Waals surface area contributed by atoms with Gasteiger partial charge in [-0.25, -0.2) is 0 Å². The highest BCUT2D eigenvalue weighted by atomic mass is 16.5. The van der Waals surface area contributed by atoms with E-state index in [1.807, 2.05) is 31.2 Å². The van der Waals surface area contributed by atoms with Crippen molar-refractivity contribution in [1.29, 1.82) is 0 Å². The standard InChI is InChI=1S/C16H23NO3/c1-3-16(17-18)12-7-9-13(10-8-12)20-15-6-4-5-14(11-15)19-2/h7-10,14-15,18H,3-6,11H2,1-2H3. The molecule has 20 heavy (non-hydrogen) atoms. The van der Waals surface area contributed by atoms with E-state index in [-0.39, 0.29) is 6.10 Å². The van der Waals surface area contributed by atoms with Gasteiger partial charge in [0.1, 0.15) is 11.9 Å². The second-order valence-electron chi connectivity index (χ2n) is 5.19. The van der Waals surface area contributed by atoms with Crippen molar-refractivity contribution < 1.29 is 14.7 Å². The predicted octanol–water partition coefficient (Wildman–Crippen LogP) is 3.61. The third-order valence-corrected chi connectivity index (χ3v) is 3.86. The molecule has 0 bridgehead atoms. The van der Waals surface area contributed by atoms with Gasteiger partial charge in [-0.3, -0.25) is 0 Å². The number of methoxy groups -OCH3 is 1. The smallest absolute Gasteiger partial charge is 0.119 e. The van der Waals surface area contributed by atoms with Crippen LogP contribution < -0.4 is 4.74 Å². The highest BCUT2D eigenvalue weighted by Crippen LogP contribution is 2.25. The van der Waals surface area contributed by atoms with Crippen molar-refractivity contribution >= 4 is 5.71 Å². The molecule has 1 aliphatic carbocycles. The summed E-state index contributed by atoms with van der Waals surface area (Å²) in [7, 11) is 1.77. The molecule has 110 valence electrons. The summed E-state index contributed by atoms with van der Waals surface area (Å²) in [6.07, 6.45) is 5.57. The van der Waals surface area contributed by atoms with E-state index in [4.69, 9.17) is 14.7 Å². The number of oxime groups is 1. The molecule has 0 amide bonds. The topological polar surface area (TPSA) is 51.1 Å². The monoisotopic (exact) mass is 277 g/mol. The van der Waals surface area contributed by atoms with Crippen molar-refractivity contribution in [2.45, 2.75) is 51.2 Å². The van der Waals surface area contributed by atoms with E-state index in [0.717, 1.165) is 37.0 Å². The van der Waals surface area contributed by atoms with Gasteiger partial charge in [0.15, 0.2) is 0 Å². The van der Waals surface area contributed by atoms with Gasteiger partial charge in [0.25, 0.3) is 0 Å². The molecule has 0 aliphatic heterocycles. The van der Waals surface area contributed by atoms with E-state index in [2.05, 4.69) is 5.16 Å². The van der Waals surface area contributed by atoms with Gasteiger partial charge in [-0.15, -0.1) is 0 Å². The molecule has 1 aromatic rings. The zero-order valence-corrected chi connectivity index (χ0v) is 12.2. The normalized spacial score (nSPS) is 23.6. The first kappa shape index (κ1) is 14.9. The molecule has 2 rings (SSSR count). The van der Waals surface area contributed by atoms with Gasteiger partial charge in [0.2, 0.25) is 0 Å². The Hall–Kier alpha value is -1.55.